The van der Waals surface area contributed by atoms with Crippen molar-refractivity contribution in [3.05, 3.63) is 42.9 Å². The van der Waals surface area contributed by atoms with E-state index in [4.69, 9.17) is 24.5 Å². The number of ether oxygens (including phenoxy) is 3. The minimum absolute atomic E-state index is 0.125. The largest absolute Gasteiger partial charge is 0.493 e. The van der Waals surface area contributed by atoms with E-state index < -0.39 is 10.1 Å². The molecule has 184 valence electrons. The van der Waals surface area contributed by atoms with Crippen molar-refractivity contribution < 1.29 is 27.2 Å². The molecule has 0 radical (unpaired) electrons. The molecule has 3 heterocycles. The maximum atomic E-state index is 10.7. The lowest BCUT2D eigenvalue weighted by molar-refractivity contribution is 0.314. The van der Waals surface area contributed by atoms with Gasteiger partial charge < -0.3 is 25.3 Å². The van der Waals surface area contributed by atoms with Crippen molar-refractivity contribution in [3.63, 3.8) is 0 Å². The summed E-state index contributed by atoms with van der Waals surface area (Å²) in [7, 11) is -0.842. The van der Waals surface area contributed by atoms with E-state index in [-0.39, 0.29) is 18.9 Å². The lowest BCUT2D eigenvalue weighted by Gasteiger charge is -2.12. The molecule has 0 saturated heterocycles. The predicted octanol–water partition coefficient (Wildman–Crippen LogP) is 2.30. The highest BCUT2D eigenvalue weighted by atomic mass is 32.2. The second-order valence-electron chi connectivity index (χ2n) is 7.63. The molecule has 0 fully saturated rings. The molecule has 0 bridgehead atoms. The van der Waals surface area contributed by atoms with Gasteiger partial charge in [0.1, 0.15) is 18.2 Å². The van der Waals surface area contributed by atoms with Gasteiger partial charge in [0.15, 0.2) is 11.5 Å². The van der Waals surface area contributed by atoms with Crippen LogP contribution in [0.4, 0.5) is 5.82 Å². The maximum Gasteiger partial charge on any atom is 0.266 e. The standard InChI is InChI=1S/C23H25N5O6S/c1-32-21-9-17-16-8-19(28-23(24)18(16)13-27-20(17)10-22(21)33-2)14-7-15(12-26-11-14)34-5-3-25-4-6-35(29,30)31/h7-13,25H,3-6H2,1-2H3,(H2,24,28)(H,29,30,31). The molecule has 4 aromatic rings. The van der Waals surface area contributed by atoms with Gasteiger partial charge in [-0.2, -0.15) is 8.42 Å². The highest BCUT2D eigenvalue weighted by molar-refractivity contribution is 7.85. The molecular formula is C23H25N5O6S. The summed E-state index contributed by atoms with van der Waals surface area (Å²) in [6.45, 7) is 0.799. The lowest BCUT2D eigenvalue weighted by atomic mass is 10.0. The van der Waals surface area contributed by atoms with Crippen molar-refractivity contribution in [2.75, 3.05) is 45.4 Å². The Bertz CT molecular complexity index is 1480. The monoisotopic (exact) mass is 499 g/mol. The van der Waals surface area contributed by atoms with Crippen LogP contribution >= 0.6 is 0 Å². The average Bonchev–Trinajstić information content (AvgIpc) is 2.84. The number of benzene rings is 1. The topological polar surface area (TPSA) is 159 Å². The Morgan fingerprint density at radius 2 is 1.74 bits per heavy atom. The fraction of sp³-hybridized carbons (Fsp3) is 0.261. The van der Waals surface area contributed by atoms with Crippen molar-refractivity contribution in [3.8, 4) is 28.5 Å². The van der Waals surface area contributed by atoms with Gasteiger partial charge in [-0.15, -0.1) is 0 Å². The predicted molar refractivity (Wildman–Crippen MR) is 133 cm³/mol. The number of methoxy groups -OCH3 is 2. The summed E-state index contributed by atoms with van der Waals surface area (Å²) in [6, 6.07) is 7.38. The molecule has 0 amide bonds. The van der Waals surface area contributed by atoms with Gasteiger partial charge in [0.25, 0.3) is 10.1 Å². The van der Waals surface area contributed by atoms with Gasteiger partial charge in [-0.05, 0) is 23.6 Å². The van der Waals surface area contributed by atoms with Gasteiger partial charge in [0, 0.05) is 47.9 Å². The summed E-state index contributed by atoms with van der Waals surface area (Å²) >= 11 is 0. The number of rotatable bonds is 10. The van der Waals surface area contributed by atoms with Crippen molar-refractivity contribution in [1.29, 1.82) is 0 Å². The molecule has 4 N–H and O–H groups in total. The van der Waals surface area contributed by atoms with Crippen LogP contribution in [0.2, 0.25) is 0 Å². The van der Waals surface area contributed by atoms with Crippen molar-refractivity contribution in [1.82, 2.24) is 20.3 Å². The molecule has 0 unspecified atom stereocenters. The number of nitrogen functional groups attached to an aromatic ring is 1. The van der Waals surface area contributed by atoms with Gasteiger partial charge in [0.05, 0.1) is 37.4 Å². The van der Waals surface area contributed by atoms with Gasteiger partial charge >= 0.3 is 0 Å². The maximum absolute atomic E-state index is 10.7. The van der Waals surface area contributed by atoms with E-state index in [1.54, 1.807) is 38.9 Å². The summed E-state index contributed by atoms with van der Waals surface area (Å²) < 4.78 is 46.8. The highest BCUT2D eigenvalue weighted by Crippen LogP contribution is 2.37. The van der Waals surface area contributed by atoms with Crippen LogP contribution in [-0.2, 0) is 10.1 Å². The highest BCUT2D eigenvalue weighted by Gasteiger charge is 2.14. The third-order valence-corrected chi connectivity index (χ3v) is 6.03. The Labute approximate surface area is 202 Å². The number of hydrogen-bond acceptors (Lipinski definition) is 10. The van der Waals surface area contributed by atoms with Crippen LogP contribution in [0.5, 0.6) is 17.2 Å². The van der Waals surface area contributed by atoms with Crippen molar-refractivity contribution in [2.45, 2.75) is 0 Å². The lowest BCUT2D eigenvalue weighted by Crippen LogP contribution is -2.26. The minimum Gasteiger partial charge on any atom is -0.493 e. The summed E-state index contributed by atoms with van der Waals surface area (Å²) in [5.41, 5.74) is 8.33. The molecule has 3 aromatic heterocycles. The van der Waals surface area contributed by atoms with Crippen LogP contribution in [0.15, 0.2) is 42.9 Å². The number of nitrogens with zero attached hydrogens (tertiary/aromatic N) is 3. The molecule has 1 aromatic carbocycles. The van der Waals surface area contributed by atoms with E-state index >= 15 is 0 Å². The Kier molecular flexibility index (Phi) is 7.15. The van der Waals surface area contributed by atoms with E-state index in [0.717, 1.165) is 16.3 Å². The first-order chi connectivity index (χ1) is 16.8. The molecule has 12 heteroatoms. The normalized spacial score (nSPS) is 11.6. The Balaban J connectivity index is 1.60. The first-order valence-corrected chi connectivity index (χ1v) is 12.2. The smallest absolute Gasteiger partial charge is 0.266 e. The van der Waals surface area contributed by atoms with E-state index in [9.17, 15) is 8.42 Å². The minimum atomic E-state index is -3.99. The van der Waals surface area contributed by atoms with Crippen LogP contribution in [0.25, 0.3) is 32.9 Å². The zero-order chi connectivity index (χ0) is 25.0. The number of fused-ring (bicyclic) bond motifs is 3. The molecule has 0 aliphatic carbocycles. The molecular weight excluding hydrogens is 474 g/mol. The molecule has 0 aliphatic rings. The number of pyridine rings is 3. The molecule has 0 saturated carbocycles. The molecule has 0 spiro atoms. The first kappa shape index (κ1) is 24.4. The Morgan fingerprint density at radius 3 is 2.49 bits per heavy atom. The fourth-order valence-corrected chi connectivity index (χ4v) is 4.01. The van der Waals surface area contributed by atoms with Gasteiger partial charge in [-0.1, -0.05) is 0 Å². The second kappa shape index (κ2) is 10.3. The number of anilines is 1. The Morgan fingerprint density at radius 1 is 0.971 bits per heavy atom. The van der Waals surface area contributed by atoms with E-state index in [1.807, 2.05) is 18.2 Å². The van der Waals surface area contributed by atoms with E-state index in [2.05, 4.69) is 20.3 Å². The van der Waals surface area contributed by atoms with Crippen LogP contribution in [0, 0.1) is 0 Å². The summed E-state index contributed by atoms with van der Waals surface area (Å²) in [6.07, 6.45) is 4.92. The molecule has 0 aliphatic heterocycles. The van der Waals surface area contributed by atoms with Gasteiger partial charge in [0.2, 0.25) is 0 Å². The summed E-state index contributed by atoms with van der Waals surface area (Å²) in [5, 5.41) is 5.29. The molecule has 4 rings (SSSR count). The zero-order valence-corrected chi connectivity index (χ0v) is 20.0. The third-order valence-electron chi connectivity index (χ3n) is 5.31. The van der Waals surface area contributed by atoms with Crippen LogP contribution in [-0.4, -0.2) is 67.6 Å². The number of nitrogens with one attached hydrogen (secondary N) is 1. The van der Waals surface area contributed by atoms with Gasteiger partial charge in [-0.25, -0.2) is 4.98 Å². The molecule has 0 atom stereocenters. The number of hydrogen-bond donors (Lipinski definition) is 3. The summed E-state index contributed by atoms with van der Waals surface area (Å²) in [5.74, 6) is 1.65. The van der Waals surface area contributed by atoms with Crippen LogP contribution < -0.4 is 25.3 Å². The van der Waals surface area contributed by atoms with Crippen molar-refractivity contribution in [2.24, 2.45) is 0 Å². The third kappa shape index (κ3) is 5.67. The second-order valence-corrected chi connectivity index (χ2v) is 9.20. The fourth-order valence-electron chi connectivity index (χ4n) is 3.61. The van der Waals surface area contributed by atoms with Crippen molar-refractivity contribution >= 4 is 37.6 Å². The Hall–Kier alpha value is -3.74. The van der Waals surface area contributed by atoms with E-state index in [0.29, 0.717) is 46.3 Å². The van der Waals surface area contributed by atoms with Crippen LogP contribution in [0.1, 0.15) is 0 Å². The number of nitrogens with two attached hydrogens (primary N) is 1. The first-order valence-electron chi connectivity index (χ1n) is 10.6. The number of aromatic nitrogens is 3. The molecule has 11 nitrogen and oxygen atoms in total. The summed E-state index contributed by atoms with van der Waals surface area (Å²) in [4.78, 5) is 13.3. The zero-order valence-electron chi connectivity index (χ0n) is 19.2. The quantitative estimate of drug-likeness (QED) is 0.167. The SMILES string of the molecule is COc1cc2ncc3c(N)nc(-c4cncc(OCCNCCS(=O)(=O)O)c4)cc3c2cc1OC. The van der Waals surface area contributed by atoms with E-state index in [1.165, 1.54) is 0 Å². The van der Waals surface area contributed by atoms with Crippen LogP contribution in [0.3, 0.4) is 0 Å². The average molecular weight is 500 g/mol. The van der Waals surface area contributed by atoms with Gasteiger partial charge in [-0.3, -0.25) is 14.5 Å². The molecule has 35 heavy (non-hydrogen) atoms.